The van der Waals surface area contributed by atoms with Crippen LogP contribution in [-0.2, 0) is 4.74 Å². The molecule has 1 saturated heterocycles. The molecule has 2 heterocycles. The molecule has 1 fully saturated rings. The quantitative estimate of drug-likeness (QED) is 0.877. The summed E-state index contributed by atoms with van der Waals surface area (Å²) in [4.78, 5) is 7.89. The van der Waals surface area contributed by atoms with Gasteiger partial charge >= 0.3 is 0 Å². The monoisotopic (exact) mass is 241 g/mol. The molecule has 0 aromatic carbocycles. The minimum Gasteiger partial charge on any atom is -0.383 e. The van der Waals surface area contributed by atoms with Gasteiger partial charge in [0.05, 0.1) is 6.61 Å². The summed E-state index contributed by atoms with van der Waals surface area (Å²) in [5.41, 5.74) is 5.77. The van der Waals surface area contributed by atoms with E-state index in [4.69, 9.17) is 10.5 Å². The molecule has 1 aliphatic rings. The third kappa shape index (κ3) is 2.53. The Labute approximate surface area is 100 Å². The molecule has 2 rings (SSSR count). The standard InChI is InChI=1S/C11H19N3OS/c1-3-4-14-5-6-15-9(7-14)11-13-10(12)8(2)16-11/h9H,3-7,12H2,1-2H3. The number of morpholine rings is 1. The first-order chi connectivity index (χ1) is 7.70. The van der Waals surface area contributed by atoms with Crippen molar-refractivity contribution in [2.45, 2.75) is 26.4 Å². The second-order valence-electron chi connectivity index (χ2n) is 4.15. The van der Waals surface area contributed by atoms with Crippen molar-refractivity contribution >= 4 is 17.2 Å². The molecule has 1 aliphatic heterocycles. The first-order valence-corrected chi connectivity index (χ1v) is 6.59. The number of nitrogens with zero attached hydrogens (tertiary/aromatic N) is 2. The molecule has 0 radical (unpaired) electrons. The highest BCUT2D eigenvalue weighted by atomic mass is 32.1. The summed E-state index contributed by atoms with van der Waals surface area (Å²) in [5, 5.41) is 1.02. The molecule has 16 heavy (non-hydrogen) atoms. The SMILES string of the molecule is CCCN1CCOC(c2nc(N)c(C)s2)C1. The Morgan fingerprint density at radius 2 is 2.44 bits per heavy atom. The van der Waals surface area contributed by atoms with Crippen molar-refractivity contribution in [3.8, 4) is 0 Å². The lowest BCUT2D eigenvalue weighted by molar-refractivity contribution is -0.0298. The zero-order valence-corrected chi connectivity index (χ0v) is 10.7. The van der Waals surface area contributed by atoms with Gasteiger partial charge in [-0.1, -0.05) is 6.92 Å². The number of nitrogens with two attached hydrogens (primary N) is 1. The minimum atomic E-state index is 0.112. The molecule has 0 aliphatic carbocycles. The Hall–Kier alpha value is -0.650. The lowest BCUT2D eigenvalue weighted by Gasteiger charge is -2.31. The highest BCUT2D eigenvalue weighted by Gasteiger charge is 2.24. The van der Waals surface area contributed by atoms with Crippen LogP contribution in [0.5, 0.6) is 0 Å². The van der Waals surface area contributed by atoms with Crippen LogP contribution in [-0.4, -0.2) is 36.1 Å². The van der Waals surface area contributed by atoms with Gasteiger partial charge in [-0.2, -0.15) is 0 Å². The number of anilines is 1. The fourth-order valence-corrected chi connectivity index (χ4v) is 2.82. The van der Waals surface area contributed by atoms with Gasteiger partial charge in [-0.15, -0.1) is 11.3 Å². The van der Waals surface area contributed by atoms with Crippen molar-refractivity contribution in [2.24, 2.45) is 0 Å². The highest BCUT2D eigenvalue weighted by molar-refractivity contribution is 7.12. The van der Waals surface area contributed by atoms with E-state index in [2.05, 4.69) is 16.8 Å². The number of hydrogen-bond donors (Lipinski definition) is 1. The van der Waals surface area contributed by atoms with Crippen LogP contribution in [0.1, 0.15) is 29.3 Å². The minimum absolute atomic E-state index is 0.112. The number of ether oxygens (including phenoxy) is 1. The maximum Gasteiger partial charge on any atom is 0.137 e. The second-order valence-corrected chi connectivity index (χ2v) is 5.39. The lowest BCUT2D eigenvalue weighted by atomic mass is 10.2. The summed E-state index contributed by atoms with van der Waals surface area (Å²) in [6.07, 6.45) is 1.30. The maximum absolute atomic E-state index is 5.77. The molecular weight excluding hydrogens is 222 g/mol. The van der Waals surface area contributed by atoms with E-state index in [1.54, 1.807) is 11.3 Å². The first kappa shape index (κ1) is 11.8. The number of aryl methyl sites for hydroxylation is 1. The van der Waals surface area contributed by atoms with Crippen LogP contribution in [0.25, 0.3) is 0 Å². The van der Waals surface area contributed by atoms with Crippen molar-refractivity contribution < 1.29 is 4.74 Å². The molecule has 0 amide bonds. The van der Waals surface area contributed by atoms with Crippen LogP contribution < -0.4 is 5.73 Å². The Morgan fingerprint density at radius 1 is 1.62 bits per heavy atom. The summed E-state index contributed by atoms with van der Waals surface area (Å²) in [6.45, 7) is 8.12. The predicted molar refractivity (Wildman–Crippen MR) is 66.7 cm³/mol. The third-order valence-electron chi connectivity index (χ3n) is 2.81. The molecule has 1 aromatic heterocycles. The molecule has 0 bridgehead atoms. The van der Waals surface area contributed by atoms with Gasteiger partial charge in [0, 0.05) is 18.0 Å². The average Bonchev–Trinajstić information content (AvgIpc) is 2.60. The van der Waals surface area contributed by atoms with Crippen LogP contribution in [0.2, 0.25) is 0 Å². The lowest BCUT2D eigenvalue weighted by Crippen LogP contribution is -2.38. The highest BCUT2D eigenvalue weighted by Crippen LogP contribution is 2.29. The third-order valence-corrected chi connectivity index (χ3v) is 3.89. The first-order valence-electron chi connectivity index (χ1n) is 5.77. The molecular formula is C11H19N3OS. The molecule has 90 valence electrons. The van der Waals surface area contributed by atoms with Crippen LogP contribution in [0, 0.1) is 6.92 Å². The van der Waals surface area contributed by atoms with E-state index >= 15 is 0 Å². The molecule has 1 atom stereocenters. The summed E-state index contributed by atoms with van der Waals surface area (Å²) >= 11 is 1.65. The number of thiazole rings is 1. The summed E-state index contributed by atoms with van der Waals surface area (Å²) < 4.78 is 5.76. The molecule has 0 spiro atoms. The molecule has 1 aromatic rings. The van der Waals surface area contributed by atoms with Crippen molar-refractivity contribution in [3.63, 3.8) is 0 Å². The van der Waals surface area contributed by atoms with E-state index in [0.717, 1.165) is 36.1 Å². The van der Waals surface area contributed by atoms with E-state index in [9.17, 15) is 0 Å². The van der Waals surface area contributed by atoms with E-state index in [0.29, 0.717) is 5.82 Å². The van der Waals surface area contributed by atoms with Crippen LogP contribution >= 0.6 is 11.3 Å². The number of aromatic nitrogens is 1. The van der Waals surface area contributed by atoms with E-state index in [-0.39, 0.29) is 6.10 Å². The van der Waals surface area contributed by atoms with E-state index in [1.165, 1.54) is 6.42 Å². The summed E-state index contributed by atoms with van der Waals surface area (Å²) in [6, 6.07) is 0. The van der Waals surface area contributed by atoms with Gasteiger partial charge in [0.25, 0.3) is 0 Å². The molecule has 0 saturated carbocycles. The zero-order valence-electron chi connectivity index (χ0n) is 9.90. The van der Waals surface area contributed by atoms with Gasteiger partial charge in [0.1, 0.15) is 16.9 Å². The second kappa shape index (κ2) is 5.12. The van der Waals surface area contributed by atoms with Crippen LogP contribution in [0.3, 0.4) is 0 Å². The normalized spacial score (nSPS) is 22.5. The smallest absolute Gasteiger partial charge is 0.137 e. The topological polar surface area (TPSA) is 51.4 Å². The molecule has 1 unspecified atom stereocenters. The Bertz CT molecular complexity index is 331. The van der Waals surface area contributed by atoms with Gasteiger partial charge in [-0.05, 0) is 19.9 Å². The Morgan fingerprint density at radius 3 is 3.06 bits per heavy atom. The van der Waals surface area contributed by atoms with Gasteiger partial charge in [-0.25, -0.2) is 4.98 Å². The van der Waals surface area contributed by atoms with Crippen LogP contribution in [0.15, 0.2) is 0 Å². The van der Waals surface area contributed by atoms with Gasteiger partial charge in [0.2, 0.25) is 0 Å². The molecule has 5 heteroatoms. The molecule has 2 N–H and O–H groups in total. The van der Waals surface area contributed by atoms with Crippen molar-refractivity contribution in [1.29, 1.82) is 0 Å². The van der Waals surface area contributed by atoms with Gasteiger partial charge in [-0.3, -0.25) is 4.90 Å². The largest absolute Gasteiger partial charge is 0.383 e. The number of rotatable bonds is 3. The van der Waals surface area contributed by atoms with Crippen molar-refractivity contribution in [1.82, 2.24) is 9.88 Å². The Kier molecular flexibility index (Phi) is 3.78. The van der Waals surface area contributed by atoms with Gasteiger partial charge in [0.15, 0.2) is 0 Å². The fraction of sp³-hybridized carbons (Fsp3) is 0.727. The summed E-state index contributed by atoms with van der Waals surface area (Å²) in [7, 11) is 0. The fourth-order valence-electron chi connectivity index (χ4n) is 1.94. The number of nitrogen functional groups attached to an aromatic ring is 1. The predicted octanol–water partition coefficient (Wildman–Crippen LogP) is 1.82. The van der Waals surface area contributed by atoms with E-state index in [1.807, 2.05) is 6.92 Å². The van der Waals surface area contributed by atoms with Crippen molar-refractivity contribution in [2.75, 3.05) is 32.0 Å². The number of hydrogen-bond acceptors (Lipinski definition) is 5. The van der Waals surface area contributed by atoms with Crippen molar-refractivity contribution in [3.05, 3.63) is 9.88 Å². The van der Waals surface area contributed by atoms with E-state index < -0.39 is 0 Å². The average molecular weight is 241 g/mol. The van der Waals surface area contributed by atoms with Crippen LogP contribution in [0.4, 0.5) is 5.82 Å². The Balaban J connectivity index is 2.03. The summed E-state index contributed by atoms with van der Waals surface area (Å²) in [5.74, 6) is 0.649. The maximum atomic E-state index is 5.77. The molecule has 4 nitrogen and oxygen atoms in total. The zero-order chi connectivity index (χ0) is 11.5. The van der Waals surface area contributed by atoms with Gasteiger partial charge < -0.3 is 10.5 Å².